The van der Waals surface area contributed by atoms with E-state index < -0.39 is 6.04 Å². The Kier molecular flexibility index (Phi) is 4.51. The van der Waals surface area contributed by atoms with Crippen LogP contribution in [0.15, 0.2) is 48.5 Å². The number of thiocarbonyl (C=S) groups is 1. The Morgan fingerprint density at radius 1 is 0.964 bits per heavy atom. The monoisotopic (exact) mass is 390 g/mol. The Balaban J connectivity index is 1.77. The van der Waals surface area contributed by atoms with Crippen LogP contribution in [0.3, 0.4) is 0 Å². The largest absolute Gasteiger partial charge is 0.346 e. The number of anilines is 1. The lowest BCUT2D eigenvalue weighted by atomic mass is 10.0. The van der Waals surface area contributed by atoms with Gasteiger partial charge >= 0.3 is 0 Å². The number of nitrogens with one attached hydrogen (secondary N) is 1. The van der Waals surface area contributed by atoms with E-state index >= 15 is 0 Å². The normalized spacial score (nSPS) is 16.6. The Hall–Kier alpha value is -2.99. The number of benzene rings is 2. The summed E-state index contributed by atoms with van der Waals surface area (Å²) < 4.78 is 1.88. The van der Waals surface area contributed by atoms with Gasteiger partial charge in [-0.15, -0.1) is 0 Å². The summed E-state index contributed by atoms with van der Waals surface area (Å²) in [7, 11) is 0. The van der Waals surface area contributed by atoms with Gasteiger partial charge in [0.15, 0.2) is 5.11 Å². The average Bonchev–Trinajstić information content (AvgIpc) is 3.12. The van der Waals surface area contributed by atoms with Crippen LogP contribution in [0.4, 0.5) is 5.69 Å². The standard InChI is InChI=1S/C22H22N4OS/c1-13-9-8-10-14(2)20(13)25-21(27)19(23-22(25)28)18-15(3)24-26(16(18)4)17-11-6-5-7-12-17/h5-12,19H,1-4H3,(H,23,28)/t19-/m1/s1. The van der Waals surface area contributed by atoms with Crippen molar-refractivity contribution in [3.63, 3.8) is 0 Å². The predicted molar refractivity (Wildman–Crippen MR) is 115 cm³/mol. The molecule has 1 atom stereocenters. The molecule has 2 aromatic carbocycles. The molecule has 142 valence electrons. The van der Waals surface area contributed by atoms with E-state index in [1.165, 1.54) is 0 Å². The molecule has 1 aliphatic rings. The fourth-order valence-corrected chi connectivity index (χ4v) is 4.24. The minimum absolute atomic E-state index is 0.0683. The number of nitrogens with zero attached hydrogens (tertiary/aromatic N) is 3. The zero-order valence-electron chi connectivity index (χ0n) is 16.4. The summed E-state index contributed by atoms with van der Waals surface area (Å²) >= 11 is 5.55. The van der Waals surface area contributed by atoms with Gasteiger partial charge in [-0.3, -0.25) is 9.69 Å². The molecule has 1 aliphatic heterocycles. The van der Waals surface area contributed by atoms with Gasteiger partial charge in [-0.1, -0.05) is 36.4 Å². The van der Waals surface area contributed by atoms with Crippen LogP contribution in [-0.2, 0) is 4.79 Å². The number of amides is 1. The molecule has 0 spiro atoms. The van der Waals surface area contributed by atoms with Crippen molar-refractivity contribution in [2.24, 2.45) is 0 Å². The summed E-state index contributed by atoms with van der Waals surface area (Å²) in [6, 6.07) is 15.4. The van der Waals surface area contributed by atoms with Crippen LogP contribution in [0.5, 0.6) is 0 Å². The number of rotatable bonds is 3. The zero-order chi connectivity index (χ0) is 20.0. The van der Waals surface area contributed by atoms with E-state index in [1.54, 1.807) is 4.90 Å². The molecule has 0 aliphatic carbocycles. The second kappa shape index (κ2) is 6.87. The van der Waals surface area contributed by atoms with Crippen LogP contribution < -0.4 is 10.2 Å². The van der Waals surface area contributed by atoms with Gasteiger partial charge in [0.25, 0.3) is 5.91 Å². The van der Waals surface area contributed by atoms with Gasteiger partial charge in [0.2, 0.25) is 0 Å². The lowest BCUT2D eigenvalue weighted by Gasteiger charge is -2.20. The average molecular weight is 391 g/mol. The van der Waals surface area contributed by atoms with E-state index in [1.807, 2.05) is 80.9 Å². The number of carbonyl (C=O) groups excluding carboxylic acids is 1. The molecule has 1 fully saturated rings. The van der Waals surface area contributed by atoms with Crippen molar-refractivity contribution < 1.29 is 4.79 Å². The first kappa shape index (κ1) is 18.4. The van der Waals surface area contributed by atoms with E-state index in [-0.39, 0.29) is 5.91 Å². The lowest BCUT2D eigenvalue weighted by molar-refractivity contribution is -0.118. The van der Waals surface area contributed by atoms with Crippen molar-refractivity contribution in [1.82, 2.24) is 15.1 Å². The van der Waals surface area contributed by atoms with Crippen molar-refractivity contribution in [2.45, 2.75) is 33.7 Å². The molecular formula is C22H22N4OS. The number of carbonyl (C=O) groups is 1. The van der Waals surface area contributed by atoms with Gasteiger partial charge in [0.1, 0.15) is 6.04 Å². The molecule has 2 heterocycles. The van der Waals surface area contributed by atoms with Crippen LogP contribution >= 0.6 is 12.2 Å². The first-order chi connectivity index (χ1) is 13.4. The number of para-hydroxylation sites is 2. The van der Waals surface area contributed by atoms with Crippen molar-refractivity contribution in [3.05, 3.63) is 76.6 Å². The van der Waals surface area contributed by atoms with E-state index in [4.69, 9.17) is 12.2 Å². The summed E-state index contributed by atoms with van der Waals surface area (Å²) in [6.45, 7) is 7.91. The van der Waals surface area contributed by atoms with Gasteiger partial charge in [-0.2, -0.15) is 5.10 Å². The molecule has 1 saturated heterocycles. The van der Waals surface area contributed by atoms with Crippen LogP contribution in [0.2, 0.25) is 0 Å². The van der Waals surface area contributed by atoms with Gasteiger partial charge < -0.3 is 5.32 Å². The summed E-state index contributed by atoms with van der Waals surface area (Å²) in [5.41, 5.74) is 6.49. The molecular weight excluding hydrogens is 368 g/mol. The van der Waals surface area contributed by atoms with Crippen molar-refractivity contribution in [3.8, 4) is 5.69 Å². The van der Waals surface area contributed by atoms with Crippen LogP contribution in [0, 0.1) is 27.7 Å². The molecule has 3 aromatic rings. The summed E-state index contributed by atoms with van der Waals surface area (Å²) in [6.07, 6.45) is 0. The van der Waals surface area contributed by atoms with Crippen molar-refractivity contribution >= 4 is 28.9 Å². The third-order valence-electron chi connectivity index (χ3n) is 5.24. The van der Waals surface area contributed by atoms with Crippen LogP contribution in [0.25, 0.3) is 5.69 Å². The minimum Gasteiger partial charge on any atom is -0.346 e. The fourth-order valence-electron chi connectivity index (χ4n) is 3.94. The van der Waals surface area contributed by atoms with E-state index in [0.29, 0.717) is 5.11 Å². The van der Waals surface area contributed by atoms with Crippen molar-refractivity contribution in [2.75, 3.05) is 4.90 Å². The molecule has 0 radical (unpaired) electrons. The molecule has 4 rings (SSSR count). The van der Waals surface area contributed by atoms with E-state index in [9.17, 15) is 4.79 Å². The Labute approximate surface area is 170 Å². The SMILES string of the molecule is Cc1cccc(C)c1N1C(=O)[C@@H](c2c(C)nn(-c3ccccc3)c2C)NC1=S. The number of aromatic nitrogens is 2. The summed E-state index contributed by atoms with van der Waals surface area (Å²) in [5.74, 6) is -0.0683. The topological polar surface area (TPSA) is 50.2 Å². The second-order valence-corrected chi connectivity index (χ2v) is 7.52. The van der Waals surface area contributed by atoms with Gasteiger partial charge in [0.05, 0.1) is 17.1 Å². The summed E-state index contributed by atoms with van der Waals surface area (Å²) in [4.78, 5) is 15.0. The maximum absolute atomic E-state index is 13.4. The molecule has 0 bridgehead atoms. The third-order valence-corrected chi connectivity index (χ3v) is 5.54. The molecule has 0 unspecified atom stereocenters. The number of hydrogen-bond acceptors (Lipinski definition) is 3. The highest BCUT2D eigenvalue weighted by atomic mass is 32.1. The van der Waals surface area contributed by atoms with Crippen LogP contribution in [-0.4, -0.2) is 20.8 Å². The van der Waals surface area contributed by atoms with Crippen molar-refractivity contribution in [1.29, 1.82) is 0 Å². The maximum Gasteiger partial charge on any atom is 0.260 e. The maximum atomic E-state index is 13.4. The first-order valence-electron chi connectivity index (χ1n) is 9.22. The van der Waals surface area contributed by atoms with Gasteiger partial charge in [-0.25, -0.2) is 4.68 Å². The minimum atomic E-state index is -0.538. The Morgan fingerprint density at radius 3 is 2.25 bits per heavy atom. The third kappa shape index (κ3) is 2.81. The number of aryl methyl sites for hydroxylation is 3. The van der Waals surface area contributed by atoms with Gasteiger partial charge in [-0.05, 0) is 63.2 Å². The quantitative estimate of drug-likeness (QED) is 0.685. The highest BCUT2D eigenvalue weighted by molar-refractivity contribution is 7.80. The highest BCUT2D eigenvalue weighted by Gasteiger charge is 2.41. The molecule has 1 aromatic heterocycles. The smallest absolute Gasteiger partial charge is 0.260 e. The number of hydrogen-bond donors (Lipinski definition) is 1. The second-order valence-electron chi connectivity index (χ2n) is 7.13. The Bertz CT molecular complexity index is 1070. The molecule has 0 saturated carbocycles. The Morgan fingerprint density at radius 2 is 1.61 bits per heavy atom. The van der Waals surface area contributed by atoms with Gasteiger partial charge in [0, 0.05) is 11.3 Å². The predicted octanol–water partition coefficient (Wildman–Crippen LogP) is 4.07. The van der Waals surface area contributed by atoms with E-state index in [0.717, 1.165) is 39.5 Å². The molecule has 6 heteroatoms. The molecule has 1 amide bonds. The van der Waals surface area contributed by atoms with Crippen LogP contribution in [0.1, 0.15) is 34.1 Å². The summed E-state index contributed by atoms with van der Waals surface area (Å²) in [5, 5.41) is 8.33. The molecule has 28 heavy (non-hydrogen) atoms. The fraction of sp³-hybridized carbons (Fsp3) is 0.227. The molecule has 5 nitrogen and oxygen atoms in total. The first-order valence-corrected chi connectivity index (χ1v) is 9.63. The lowest BCUT2D eigenvalue weighted by Crippen LogP contribution is -2.31. The van der Waals surface area contributed by atoms with E-state index in [2.05, 4.69) is 10.4 Å². The zero-order valence-corrected chi connectivity index (χ0v) is 17.2. The molecule has 1 N–H and O–H groups in total. The highest BCUT2D eigenvalue weighted by Crippen LogP contribution is 2.34.